The molecule has 11 nitrogen and oxygen atoms in total. The van der Waals surface area contributed by atoms with E-state index in [9.17, 15) is 47.9 Å². The van der Waals surface area contributed by atoms with Crippen molar-refractivity contribution in [2.75, 3.05) is 0 Å². The fourth-order valence-electron chi connectivity index (χ4n) is 3.04. The molecule has 0 saturated carbocycles. The van der Waals surface area contributed by atoms with Crippen LogP contribution in [0.25, 0.3) is 11.1 Å². The van der Waals surface area contributed by atoms with E-state index < -0.39 is 38.8 Å². The monoisotopic (exact) mass is 532 g/mol. The Hall–Kier alpha value is -2.00. The summed E-state index contributed by atoms with van der Waals surface area (Å²) in [6.07, 6.45) is 3.41. The number of ether oxygens (including phenoxy) is 1. The lowest BCUT2D eigenvalue weighted by Gasteiger charge is -2.41. The van der Waals surface area contributed by atoms with E-state index in [1.165, 1.54) is 24.3 Å². The van der Waals surface area contributed by atoms with Crippen molar-refractivity contribution >= 4 is 29.1 Å². The highest BCUT2D eigenvalue weighted by Crippen LogP contribution is 2.77. The molecule has 0 amide bonds. The Morgan fingerprint density at radius 3 is 1.59 bits per heavy atom. The Morgan fingerprint density at radius 2 is 1.24 bits per heavy atom. The molecule has 0 spiro atoms. The molecule has 184 valence electrons. The van der Waals surface area contributed by atoms with Crippen LogP contribution in [0.3, 0.4) is 0 Å². The van der Waals surface area contributed by atoms with E-state index >= 15 is 0 Å². The second-order valence-electron chi connectivity index (χ2n) is 7.31. The summed E-state index contributed by atoms with van der Waals surface area (Å²) < 4.78 is 42.4. The first kappa shape index (κ1) is 28.2. The summed E-state index contributed by atoms with van der Waals surface area (Å²) >= 11 is 0. The zero-order valence-electron chi connectivity index (χ0n) is 17.7. The molecule has 0 aromatic heterocycles. The number of benzene rings is 2. The number of hydrogen-bond acceptors (Lipinski definition) is 5. The first-order valence-corrected chi connectivity index (χ1v) is 14.2. The molecule has 0 radical (unpaired) electrons. The van der Waals surface area contributed by atoms with Gasteiger partial charge in [-0.1, -0.05) is 67.3 Å². The molecule has 14 heteroatoms. The molecule has 1 unspecified atom stereocenters. The van der Waals surface area contributed by atoms with E-state index in [4.69, 9.17) is 4.74 Å². The quantitative estimate of drug-likeness (QED) is 0.149. The van der Waals surface area contributed by atoms with Gasteiger partial charge in [0.05, 0.1) is 0 Å². The van der Waals surface area contributed by atoms with Crippen molar-refractivity contribution in [1.82, 2.24) is 0 Å². The van der Waals surface area contributed by atoms with Gasteiger partial charge in [0, 0.05) is 11.1 Å². The predicted molar refractivity (Wildman–Crippen MR) is 124 cm³/mol. The highest BCUT2D eigenvalue weighted by molar-refractivity contribution is 7.71. The summed E-state index contributed by atoms with van der Waals surface area (Å²) in [7, 11) is -17.4. The largest absolute Gasteiger partial charge is 0.374 e. The topological polar surface area (TPSA) is 199 Å². The second-order valence-corrected chi connectivity index (χ2v) is 13.1. The minimum absolute atomic E-state index is 0.403. The molecule has 0 fully saturated rings. The van der Waals surface area contributed by atoms with Crippen LogP contribution in [0.2, 0.25) is 0 Å². The lowest BCUT2D eigenvalue weighted by molar-refractivity contribution is -0.0288. The smallest absolute Gasteiger partial charge is 0.324 e. The Morgan fingerprint density at radius 1 is 0.794 bits per heavy atom. The summed E-state index contributed by atoms with van der Waals surface area (Å²) in [5, 5.41) is -6.60. The first-order valence-electron chi connectivity index (χ1n) is 9.36. The van der Waals surface area contributed by atoms with Gasteiger partial charge < -0.3 is 34.1 Å². The van der Waals surface area contributed by atoms with Crippen molar-refractivity contribution in [3.63, 3.8) is 0 Å². The second kappa shape index (κ2) is 9.93. The van der Waals surface area contributed by atoms with Crippen molar-refractivity contribution in [2.24, 2.45) is 0 Å². The van der Waals surface area contributed by atoms with Crippen LogP contribution >= 0.6 is 22.8 Å². The van der Waals surface area contributed by atoms with Crippen LogP contribution in [0, 0.1) is 0 Å². The number of carbonyl (C=O) groups is 1. The maximum atomic E-state index is 12.6. The molecule has 0 aliphatic rings. The van der Waals surface area contributed by atoms with Gasteiger partial charge in [-0.15, -0.1) is 0 Å². The zero-order chi connectivity index (χ0) is 26.0. The number of carbonyl (C=O) groups excluding carboxylic acids is 1. The molecule has 0 heterocycles. The van der Waals surface area contributed by atoms with Crippen LogP contribution in [-0.4, -0.2) is 41.0 Å². The highest BCUT2D eigenvalue weighted by atomic mass is 31.2. The van der Waals surface area contributed by atoms with E-state index in [0.717, 1.165) is 31.2 Å². The van der Waals surface area contributed by atoms with Crippen LogP contribution in [0.4, 0.5) is 0 Å². The van der Waals surface area contributed by atoms with E-state index in [-0.39, 0.29) is 0 Å². The molecule has 2 aromatic carbocycles. The molecule has 1 atom stereocenters. The van der Waals surface area contributed by atoms with Gasteiger partial charge in [0.15, 0.2) is 5.34 Å². The molecule has 2 aromatic rings. The van der Waals surface area contributed by atoms with Gasteiger partial charge in [0.1, 0.15) is 6.29 Å². The Labute approximate surface area is 194 Å². The first-order chi connectivity index (χ1) is 15.5. The lowest BCUT2D eigenvalue weighted by Crippen LogP contribution is -2.40. The third-order valence-corrected chi connectivity index (χ3v) is 10.1. The molecule has 34 heavy (non-hydrogen) atoms. The predicted octanol–water partition coefficient (Wildman–Crippen LogP) is 3.28. The van der Waals surface area contributed by atoms with Gasteiger partial charge in [0.2, 0.25) is 0 Å². The standard InChI is InChI=1S/C20H23O11P3/c1-3-4-13-19(2,32(22,23)24)31-20(33(25,26)27,34(28,29)30)18-11-9-17(10-12-18)16-7-5-15(14-21)6-8-16/h3-14H,1H2,2H3,(H2,22,23,24)(H2,25,26,27)(H2,28,29,30)/b13-4+. The maximum absolute atomic E-state index is 12.6. The fraction of sp³-hybridized carbons (Fsp3) is 0.150. The SMILES string of the molecule is C=C/C=C/C(C)(OC(c1ccc(-c2ccc(C=O)cc2)cc1)(P(=O)(O)O)P(=O)(O)O)P(=O)(O)O. The van der Waals surface area contributed by atoms with Gasteiger partial charge in [-0.05, 0) is 24.1 Å². The molecule has 0 bridgehead atoms. The molecular weight excluding hydrogens is 509 g/mol. The average molecular weight is 532 g/mol. The molecule has 0 aliphatic heterocycles. The fourth-order valence-corrected chi connectivity index (χ4v) is 6.67. The Kier molecular flexibility index (Phi) is 8.25. The van der Waals surface area contributed by atoms with Crippen molar-refractivity contribution in [3.05, 3.63) is 84.5 Å². The van der Waals surface area contributed by atoms with E-state index in [0.29, 0.717) is 29.1 Å². The molecule has 0 saturated heterocycles. The lowest BCUT2D eigenvalue weighted by atomic mass is 10.0. The summed E-state index contributed by atoms with van der Waals surface area (Å²) in [6, 6.07) is 10.7. The van der Waals surface area contributed by atoms with Crippen LogP contribution in [0.5, 0.6) is 0 Å². The van der Waals surface area contributed by atoms with Gasteiger partial charge in [0.25, 0.3) is 5.08 Å². The van der Waals surface area contributed by atoms with Crippen LogP contribution < -0.4 is 0 Å². The highest BCUT2D eigenvalue weighted by Gasteiger charge is 2.67. The van der Waals surface area contributed by atoms with E-state index in [2.05, 4.69) is 6.58 Å². The minimum Gasteiger partial charge on any atom is -0.324 e. The number of allylic oxidation sites excluding steroid dienone is 2. The number of aldehydes is 1. The van der Waals surface area contributed by atoms with Gasteiger partial charge in [-0.3, -0.25) is 18.5 Å². The number of hydrogen-bond donors (Lipinski definition) is 6. The third-order valence-electron chi connectivity index (χ3n) is 4.90. The molecule has 2 rings (SSSR count). The summed E-state index contributed by atoms with van der Waals surface area (Å²) in [6.45, 7) is 4.06. The molecule has 0 aliphatic carbocycles. The van der Waals surface area contributed by atoms with Crippen molar-refractivity contribution < 1.29 is 52.6 Å². The normalized spacial score (nSPS) is 15.1. The molecular formula is C20H23O11P3. The summed E-state index contributed by atoms with van der Waals surface area (Å²) in [4.78, 5) is 70.8. The number of rotatable bonds is 10. The van der Waals surface area contributed by atoms with Crippen LogP contribution in [0.15, 0.2) is 73.3 Å². The Bertz CT molecular complexity index is 1200. The summed E-state index contributed by atoms with van der Waals surface area (Å²) in [5.74, 6) is 0. The zero-order valence-corrected chi connectivity index (χ0v) is 20.4. The van der Waals surface area contributed by atoms with Crippen molar-refractivity contribution in [2.45, 2.75) is 17.3 Å². The van der Waals surface area contributed by atoms with Gasteiger partial charge in [-0.25, -0.2) is 0 Å². The third kappa shape index (κ3) is 5.46. The maximum Gasteiger partial charge on any atom is 0.374 e. The minimum atomic E-state index is -5.97. The molecule has 6 N–H and O–H groups in total. The summed E-state index contributed by atoms with van der Waals surface area (Å²) in [5.41, 5.74) is 0.718. The van der Waals surface area contributed by atoms with Gasteiger partial charge >= 0.3 is 22.8 Å². The average Bonchev–Trinajstić information content (AvgIpc) is 2.74. The van der Waals surface area contributed by atoms with Crippen LogP contribution in [0.1, 0.15) is 22.8 Å². The van der Waals surface area contributed by atoms with E-state index in [1.807, 2.05) is 0 Å². The van der Waals surface area contributed by atoms with Gasteiger partial charge in [-0.2, -0.15) is 0 Å². The Balaban J connectivity index is 2.77. The van der Waals surface area contributed by atoms with Crippen molar-refractivity contribution in [1.29, 1.82) is 0 Å². The van der Waals surface area contributed by atoms with Crippen molar-refractivity contribution in [3.8, 4) is 11.1 Å². The van der Waals surface area contributed by atoms with E-state index in [1.54, 1.807) is 12.1 Å². The van der Waals surface area contributed by atoms with Crippen LogP contribution in [-0.2, 0) is 23.5 Å².